The molecule has 2 aromatic heterocycles. The molecular weight excluding hydrogens is 356 g/mol. The maximum absolute atomic E-state index is 12.3. The van der Waals surface area contributed by atoms with E-state index in [0.29, 0.717) is 28.6 Å². The van der Waals surface area contributed by atoms with Crippen molar-refractivity contribution in [3.8, 4) is 11.1 Å². The zero-order chi connectivity index (χ0) is 20.4. The number of benzene rings is 1. The number of amides is 1. The third kappa shape index (κ3) is 3.63. The smallest absolute Gasteiger partial charge is 0.253 e. The van der Waals surface area contributed by atoms with Crippen molar-refractivity contribution in [2.45, 2.75) is 13.3 Å². The van der Waals surface area contributed by atoms with Gasteiger partial charge in [-0.2, -0.15) is 0 Å². The lowest BCUT2D eigenvalue weighted by atomic mass is 9.98. The number of nitrogens with two attached hydrogens (primary N) is 1. The lowest BCUT2D eigenvalue weighted by Crippen LogP contribution is -2.30. The van der Waals surface area contributed by atoms with Gasteiger partial charge in [-0.1, -0.05) is 6.92 Å². The summed E-state index contributed by atoms with van der Waals surface area (Å²) in [6, 6.07) is 3.79. The second kappa shape index (κ2) is 7.85. The molecule has 0 fully saturated rings. The molecule has 1 aromatic carbocycles. The average Bonchev–Trinajstić information content (AvgIpc) is 3.14. The molecule has 0 aliphatic carbocycles. The number of anilines is 1. The summed E-state index contributed by atoms with van der Waals surface area (Å²) in [4.78, 5) is 38.6. The highest BCUT2D eigenvalue weighted by molar-refractivity contribution is 6.12. The molecule has 2 heterocycles. The number of imidazole rings is 1. The third-order valence-electron chi connectivity index (χ3n) is 4.89. The number of aromatic amines is 2. The molecule has 4 N–H and O–H groups in total. The number of carbonyl (C=O) groups excluding carboxylic acids is 1. The van der Waals surface area contributed by atoms with Crippen molar-refractivity contribution >= 4 is 22.6 Å². The summed E-state index contributed by atoms with van der Waals surface area (Å²) in [5.41, 5.74) is 10.4. The number of pyridine rings is 1. The molecule has 148 valence electrons. The summed E-state index contributed by atoms with van der Waals surface area (Å²) in [5.74, 6) is -0.511. The summed E-state index contributed by atoms with van der Waals surface area (Å²) in [6.45, 7) is 3.48. The summed E-state index contributed by atoms with van der Waals surface area (Å²) in [5, 5.41) is 0. The highest BCUT2D eigenvalue weighted by atomic mass is 16.1. The molecular formula is C20H26N6O2. The predicted molar refractivity (Wildman–Crippen MR) is 112 cm³/mol. The Balaban J connectivity index is 2.24. The molecule has 0 radical (unpaired) electrons. The molecule has 8 nitrogen and oxygen atoms in total. The van der Waals surface area contributed by atoms with Gasteiger partial charge in [0.05, 0.1) is 28.6 Å². The zero-order valence-electron chi connectivity index (χ0n) is 16.7. The van der Waals surface area contributed by atoms with Gasteiger partial charge >= 0.3 is 0 Å². The minimum atomic E-state index is -0.511. The van der Waals surface area contributed by atoms with E-state index in [4.69, 9.17) is 5.73 Å². The van der Waals surface area contributed by atoms with Crippen LogP contribution in [0, 0.1) is 0 Å². The minimum absolute atomic E-state index is 0.0957. The maximum Gasteiger partial charge on any atom is 0.253 e. The molecule has 0 unspecified atom stereocenters. The van der Waals surface area contributed by atoms with Crippen LogP contribution in [-0.4, -0.2) is 60.0 Å². The fourth-order valence-corrected chi connectivity index (χ4v) is 3.28. The van der Waals surface area contributed by atoms with E-state index in [-0.39, 0.29) is 5.56 Å². The number of hydrogen-bond acceptors (Lipinski definition) is 5. The van der Waals surface area contributed by atoms with Crippen LogP contribution in [0.5, 0.6) is 0 Å². The van der Waals surface area contributed by atoms with Crippen LogP contribution in [0.1, 0.15) is 22.8 Å². The average molecular weight is 382 g/mol. The van der Waals surface area contributed by atoms with Gasteiger partial charge in [-0.15, -0.1) is 0 Å². The zero-order valence-corrected chi connectivity index (χ0v) is 16.7. The van der Waals surface area contributed by atoms with Crippen molar-refractivity contribution in [1.82, 2.24) is 19.9 Å². The largest absolute Gasteiger partial charge is 0.373 e. The molecule has 0 saturated heterocycles. The van der Waals surface area contributed by atoms with Crippen LogP contribution in [0.4, 0.5) is 5.69 Å². The van der Waals surface area contributed by atoms with Crippen molar-refractivity contribution in [1.29, 1.82) is 0 Å². The molecule has 0 atom stereocenters. The number of H-pyrrole nitrogens is 2. The summed E-state index contributed by atoms with van der Waals surface area (Å²) in [7, 11) is 5.93. The van der Waals surface area contributed by atoms with Crippen molar-refractivity contribution in [2.24, 2.45) is 5.73 Å². The molecule has 8 heteroatoms. The van der Waals surface area contributed by atoms with Gasteiger partial charge < -0.3 is 25.5 Å². The number of rotatable bonds is 7. The van der Waals surface area contributed by atoms with Crippen molar-refractivity contribution in [3.63, 3.8) is 0 Å². The first-order chi connectivity index (χ1) is 13.3. The number of aromatic nitrogens is 3. The molecule has 3 rings (SSSR count). The molecule has 0 bridgehead atoms. The molecule has 0 spiro atoms. The molecule has 0 saturated carbocycles. The van der Waals surface area contributed by atoms with Gasteiger partial charge in [0.15, 0.2) is 0 Å². The number of carbonyl (C=O) groups is 1. The van der Waals surface area contributed by atoms with Gasteiger partial charge in [-0.3, -0.25) is 9.59 Å². The maximum atomic E-state index is 12.3. The van der Waals surface area contributed by atoms with Gasteiger partial charge in [0.25, 0.3) is 11.5 Å². The first-order valence-electron chi connectivity index (χ1n) is 9.21. The van der Waals surface area contributed by atoms with E-state index >= 15 is 0 Å². The lowest BCUT2D eigenvalue weighted by Gasteiger charge is -2.24. The molecule has 0 aliphatic rings. The number of hydrogen-bond donors (Lipinski definition) is 3. The molecule has 28 heavy (non-hydrogen) atoms. The van der Waals surface area contributed by atoms with Crippen LogP contribution in [0.25, 0.3) is 22.2 Å². The van der Waals surface area contributed by atoms with Crippen molar-refractivity contribution < 1.29 is 4.79 Å². The van der Waals surface area contributed by atoms with E-state index in [1.165, 1.54) is 0 Å². The van der Waals surface area contributed by atoms with E-state index in [0.717, 1.165) is 29.9 Å². The van der Waals surface area contributed by atoms with Crippen LogP contribution < -0.4 is 16.2 Å². The highest BCUT2D eigenvalue weighted by Gasteiger charge is 2.21. The summed E-state index contributed by atoms with van der Waals surface area (Å²) < 4.78 is 0. The van der Waals surface area contributed by atoms with E-state index in [2.05, 4.69) is 19.9 Å². The fraction of sp³-hybridized carbons (Fsp3) is 0.350. The number of likely N-dealkylation sites (N-methyl/N-ethyl adjacent to an activating group) is 2. The quantitative estimate of drug-likeness (QED) is 0.574. The fourth-order valence-electron chi connectivity index (χ4n) is 3.28. The number of nitrogens with zero attached hydrogens (tertiary/aromatic N) is 3. The number of primary amides is 1. The monoisotopic (exact) mass is 382 g/mol. The number of fused-ring (bicyclic) bond motifs is 1. The predicted octanol–water partition coefficient (Wildman–Crippen LogP) is 1.58. The Kier molecular flexibility index (Phi) is 5.51. The second-order valence-corrected chi connectivity index (χ2v) is 7.13. The Morgan fingerprint density at radius 3 is 2.57 bits per heavy atom. The Labute approximate surface area is 163 Å². The van der Waals surface area contributed by atoms with Crippen molar-refractivity contribution in [2.75, 3.05) is 39.1 Å². The van der Waals surface area contributed by atoms with E-state index < -0.39 is 5.91 Å². The lowest BCUT2D eigenvalue weighted by molar-refractivity contribution is 0.100. The Morgan fingerprint density at radius 2 is 1.93 bits per heavy atom. The minimum Gasteiger partial charge on any atom is -0.373 e. The van der Waals surface area contributed by atoms with Gasteiger partial charge in [-0.05, 0) is 32.6 Å². The Hall–Kier alpha value is -3.13. The van der Waals surface area contributed by atoms with Gasteiger partial charge in [0.1, 0.15) is 0 Å². The Morgan fingerprint density at radius 1 is 1.18 bits per heavy atom. The van der Waals surface area contributed by atoms with E-state index in [9.17, 15) is 9.59 Å². The van der Waals surface area contributed by atoms with Gasteiger partial charge in [-0.25, -0.2) is 4.98 Å². The molecule has 0 aliphatic heterocycles. The van der Waals surface area contributed by atoms with Crippen molar-refractivity contribution in [3.05, 3.63) is 46.1 Å². The van der Waals surface area contributed by atoms with Gasteiger partial charge in [0, 0.05) is 43.0 Å². The van der Waals surface area contributed by atoms with Gasteiger partial charge in [0.2, 0.25) is 0 Å². The first kappa shape index (κ1) is 19.6. The van der Waals surface area contributed by atoms with Crippen LogP contribution in [-0.2, 0) is 6.42 Å². The normalized spacial score (nSPS) is 11.3. The number of nitrogens with one attached hydrogen (secondary N) is 2. The van der Waals surface area contributed by atoms with E-state index in [1.54, 1.807) is 12.5 Å². The SMILES string of the molecule is CCc1cc(-c2cc(N(C)CCN(C)C)c(C(N)=O)c3[nH]cnc23)c[nH]c1=O. The Bertz CT molecular complexity index is 1070. The summed E-state index contributed by atoms with van der Waals surface area (Å²) >= 11 is 0. The number of aryl methyl sites for hydroxylation is 1. The standard InChI is InChI=1S/C20H26N6O2/c1-5-12-8-13(10-22-20(12)28)14-9-15(26(4)7-6-25(2)3)16(19(21)27)18-17(14)23-11-24-18/h8-11H,5-7H2,1-4H3,(H2,21,27)(H,22,28)(H,23,24). The van der Waals surface area contributed by atoms with Crippen LogP contribution in [0.2, 0.25) is 0 Å². The van der Waals surface area contributed by atoms with Crippen LogP contribution >= 0.6 is 0 Å². The molecule has 1 amide bonds. The summed E-state index contributed by atoms with van der Waals surface area (Å²) in [6.07, 6.45) is 3.86. The van der Waals surface area contributed by atoms with Crippen LogP contribution in [0.15, 0.2) is 29.5 Å². The van der Waals surface area contributed by atoms with E-state index in [1.807, 2.05) is 45.1 Å². The first-order valence-corrected chi connectivity index (χ1v) is 9.21. The second-order valence-electron chi connectivity index (χ2n) is 7.13. The topological polar surface area (TPSA) is 111 Å². The molecule has 3 aromatic rings. The highest BCUT2D eigenvalue weighted by Crippen LogP contribution is 2.35. The third-order valence-corrected chi connectivity index (χ3v) is 4.89. The van der Waals surface area contributed by atoms with Crippen LogP contribution in [0.3, 0.4) is 0 Å².